The molecule has 42 nitrogen and oxygen atoms in total. The molecule has 0 aliphatic heterocycles. The number of aromatic nitrogens is 4. The number of primary amides is 2. The number of hydrogen-bond donors (Lipinski definition) is 27. The topological polar surface area (TPSA) is 710 Å². The number of aromatic hydroxyl groups is 1. The van der Waals surface area contributed by atoms with Gasteiger partial charge < -0.3 is 128 Å². The smallest absolute Gasteiger partial charge is 0.245 e. The molecule has 0 spiro atoms. The summed E-state index contributed by atoms with van der Waals surface area (Å²) in [6, 6.07) is -12.1. The third-order valence-corrected chi connectivity index (χ3v) is 19.7. The maximum Gasteiger partial charge on any atom is 0.245 e. The summed E-state index contributed by atoms with van der Waals surface area (Å²) in [6.45, 7) is 9.12. The molecule has 0 fully saturated rings. The van der Waals surface area contributed by atoms with Gasteiger partial charge in [0.25, 0.3) is 0 Å². The largest absolute Gasteiger partial charge is 0.508 e. The molecule has 42 heteroatoms. The number of carbonyl (C=O) groups excluding carboxylic acids is 13. The van der Waals surface area contributed by atoms with Crippen LogP contribution in [0.3, 0.4) is 0 Å². The number of amides is 13. The van der Waals surface area contributed by atoms with E-state index >= 15 is 0 Å². The Labute approximate surface area is 699 Å². The average Bonchev–Trinajstić information content (AvgIpc) is 1.06. The Kier molecular flexibility index (Phi) is 48.4. The molecule has 1 aromatic carbocycles. The molecule has 3 aromatic rings. The van der Waals surface area contributed by atoms with E-state index in [9.17, 15) is 77.6 Å². The molecular weight excluding hydrogens is 1560 g/mol. The van der Waals surface area contributed by atoms with Crippen LogP contribution in [0.1, 0.15) is 206 Å². The van der Waals surface area contributed by atoms with E-state index in [0.29, 0.717) is 24.1 Å². The van der Waals surface area contributed by atoms with Crippen LogP contribution in [0, 0.1) is 28.1 Å². The van der Waals surface area contributed by atoms with Gasteiger partial charge in [-0.3, -0.25) is 78.6 Å². The van der Waals surface area contributed by atoms with E-state index in [1.807, 2.05) is 0 Å². The number of nitrogens with one attached hydrogen (secondary N) is 19. The van der Waals surface area contributed by atoms with Crippen molar-refractivity contribution in [2.75, 3.05) is 26.2 Å². The van der Waals surface area contributed by atoms with E-state index in [1.54, 1.807) is 27.7 Å². The lowest BCUT2D eigenvalue weighted by Gasteiger charge is -2.29. The van der Waals surface area contributed by atoms with Gasteiger partial charge in [0.1, 0.15) is 72.2 Å². The van der Waals surface area contributed by atoms with Crippen LogP contribution in [0.15, 0.2) is 49.3 Å². The summed E-state index contributed by atoms with van der Waals surface area (Å²) in [5.41, 5.74) is 28.8. The van der Waals surface area contributed by atoms with Gasteiger partial charge in [-0.05, 0) is 87.8 Å². The van der Waals surface area contributed by atoms with Crippen molar-refractivity contribution in [2.45, 2.75) is 281 Å². The molecule has 120 heavy (non-hydrogen) atoms. The highest BCUT2D eigenvalue weighted by Gasteiger charge is 2.39. The molecule has 0 radical (unpaired) electrons. The van der Waals surface area contributed by atoms with Gasteiger partial charge in [-0.2, -0.15) is 0 Å². The first-order chi connectivity index (χ1) is 57.0. The molecule has 670 valence electrons. The van der Waals surface area contributed by atoms with Crippen LogP contribution in [-0.4, -0.2) is 229 Å². The number of aliphatic hydroxyl groups excluding tert-OH is 2. The van der Waals surface area contributed by atoms with Crippen LogP contribution in [0.25, 0.3) is 0 Å². The van der Waals surface area contributed by atoms with E-state index < -0.39 is 174 Å². The van der Waals surface area contributed by atoms with Crippen molar-refractivity contribution < 1.29 is 77.6 Å². The van der Waals surface area contributed by atoms with Crippen molar-refractivity contribution in [3.63, 3.8) is 0 Å². The molecule has 32 N–H and O–H groups in total. The molecule has 0 bridgehead atoms. The van der Waals surface area contributed by atoms with Crippen molar-refractivity contribution >= 4 is 94.7 Å². The number of aromatic amines is 2. The van der Waals surface area contributed by atoms with Crippen LogP contribution in [0.2, 0.25) is 0 Å². The van der Waals surface area contributed by atoms with Gasteiger partial charge in [-0.15, -0.1) is 0 Å². The fraction of sp³-hybridized carbons (Fsp3) is 0.641. The van der Waals surface area contributed by atoms with Gasteiger partial charge in [0, 0.05) is 57.7 Å². The van der Waals surface area contributed by atoms with E-state index in [-0.39, 0.29) is 120 Å². The summed E-state index contributed by atoms with van der Waals surface area (Å²) < 4.78 is 0. The Balaban J connectivity index is 1.91. The molecule has 0 unspecified atom stereocenters. The van der Waals surface area contributed by atoms with Gasteiger partial charge in [0.05, 0.1) is 43.2 Å². The molecule has 0 saturated carbocycles. The van der Waals surface area contributed by atoms with Gasteiger partial charge in [-0.25, -0.2) is 9.97 Å². The number of unbranched alkanes of at least 4 members (excludes halogenated alkanes) is 12. The predicted octanol–water partition coefficient (Wildman–Crippen LogP) is -2.70. The van der Waals surface area contributed by atoms with E-state index in [1.165, 1.54) is 94.3 Å². The van der Waals surface area contributed by atoms with Crippen molar-refractivity contribution in [3.05, 3.63) is 66.3 Å². The number of rotatable bonds is 62. The maximum absolute atomic E-state index is 14.7. The second kappa shape index (κ2) is 56.6. The number of hydrogen-bond acceptors (Lipinski definition) is 21. The lowest BCUT2D eigenvalue weighted by molar-refractivity contribution is -0.138. The zero-order valence-corrected chi connectivity index (χ0v) is 69.8. The molecule has 2 heterocycles. The number of benzene rings is 1. The monoisotopic (exact) mass is 1690 g/mol. The summed E-state index contributed by atoms with van der Waals surface area (Å²) in [7, 11) is 0. The summed E-state index contributed by atoms with van der Waals surface area (Å²) in [4.78, 5) is 197. The highest BCUT2D eigenvalue weighted by Crippen LogP contribution is 2.18. The molecule has 0 aliphatic carbocycles. The summed E-state index contributed by atoms with van der Waals surface area (Å²) in [5, 5.41) is 90.7. The van der Waals surface area contributed by atoms with Gasteiger partial charge in [0.2, 0.25) is 76.8 Å². The summed E-state index contributed by atoms with van der Waals surface area (Å²) >= 11 is 0. The Hall–Kier alpha value is -11.7. The first-order valence-electron chi connectivity index (χ1n) is 41.2. The predicted molar refractivity (Wildman–Crippen MR) is 446 cm³/mol. The van der Waals surface area contributed by atoms with Crippen LogP contribution >= 0.6 is 0 Å². The van der Waals surface area contributed by atoms with Gasteiger partial charge in [0.15, 0.2) is 17.9 Å². The van der Waals surface area contributed by atoms with Gasteiger partial charge >= 0.3 is 0 Å². The minimum Gasteiger partial charge on any atom is -0.508 e. The Morgan fingerprint density at radius 1 is 0.425 bits per heavy atom. The summed E-state index contributed by atoms with van der Waals surface area (Å²) in [5.74, 6) is -15.1. The third kappa shape index (κ3) is 41.6. The standard InChI is InChI=1S/C78H132N26O16/c1-7-9-10-11-12-13-14-15-16-17-18-19-20-27-62(109)94-52(24-21-32-89-76(81)82)66(111)95-53(25-22-33-90-77(83)84)67(112)98-56(35-45(3)4)69(114)100-58(38-50-41-88-44-93-50)70(115)102-60(42-105)73(118)104-64(47(6)106)75(120)96-54(26-23-34-91-78(85)86)68(113)101-59(39-61(79)108)71(116)99-57(36-48-28-30-51(107)31-29-48)72(117)103-63(46(5)8-2)74(119)97-55(65(80)110)37-49-40-87-43-92-49/h28-31,40-41,43-47,52-60,63-64,105-107H,7-27,32-39,42H2,1-6H3,(H2,79,108)(H2,80,110)(H,87,92)(H,88,93)(H,94,109)(H,95,111)(H,96,120)(H,97,119)(H,98,112)(H,99,116)(H,100,114)(H,101,113)(H,102,115)(H,103,117)(H,104,118)(H4,81,82,89)(H4,83,84,90)(H4,85,86,91)/t46-,47+,52-,53-,54-,55-,56-,57-,58-,59-,60-,63-,64-/m0/s1. The van der Waals surface area contributed by atoms with E-state index in [4.69, 9.17) is 44.9 Å². The molecule has 13 atom stereocenters. The van der Waals surface area contributed by atoms with Gasteiger partial charge in [-0.1, -0.05) is 130 Å². The van der Waals surface area contributed by atoms with Crippen molar-refractivity contribution in [2.24, 2.45) is 40.5 Å². The first kappa shape index (κ1) is 102. The SMILES string of the molecule is CCCCCCCCCCCCCCCC(=O)N[C@@H](CCCNC(=N)N)C(=O)N[C@@H](CCCNC(=N)N)C(=O)N[C@@H](CC(C)C)C(=O)N[C@@H](Cc1c[nH]cn1)C(=O)N[C@@H](CO)C(=O)N[C@H](C(=O)N[C@@H](CCCNC(=N)N)C(=O)N[C@@H](CC(N)=O)C(=O)N[C@@H](Cc1ccc(O)cc1)C(=O)N[C@H](C(=O)N[C@@H](Cc1c[nH]cn1)C(N)=O)[C@@H](C)CC)[C@@H](C)O. The molecule has 0 aliphatic rings. The van der Waals surface area contributed by atoms with Crippen LogP contribution < -0.4 is 103 Å². The zero-order valence-electron chi connectivity index (χ0n) is 69.8. The number of aliphatic hydroxyl groups is 2. The number of phenols is 1. The fourth-order valence-electron chi connectivity index (χ4n) is 12.8. The number of imidazole rings is 2. The Bertz CT molecular complexity index is 3720. The maximum atomic E-state index is 14.7. The third-order valence-electron chi connectivity index (χ3n) is 19.7. The zero-order chi connectivity index (χ0) is 89.2. The van der Waals surface area contributed by atoms with E-state index in [0.717, 1.165) is 39.0 Å². The second-order valence-electron chi connectivity index (χ2n) is 30.4. The fourth-order valence-corrected chi connectivity index (χ4v) is 12.8. The number of guanidine groups is 3. The minimum absolute atomic E-state index is 0.0568. The highest BCUT2D eigenvalue weighted by atomic mass is 16.3. The number of H-pyrrole nitrogens is 2. The second-order valence-corrected chi connectivity index (χ2v) is 30.4. The van der Waals surface area contributed by atoms with Crippen LogP contribution in [0.5, 0.6) is 5.75 Å². The van der Waals surface area contributed by atoms with Crippen molar-refractivity contribution in [3.8, 4) is 5.75 Å². The quantitative estimate of drug-likeness (QED) is 0.0155. The molecule has 2 aromatic heterocycles. The highest BCUT2D eigenvalue weighted by molar-refractivity contribution is 6.00. The average molecular weight is 1690 g/mol. The molecule has 13 amide bonds. The number of nitrogens with zero attached hydrogens (tertiary/aromatic N) is 2. The lowest BCUT2D eigenvalue weighted by Crippen LogP contribution is -2.63. The van der Waals surface area contributed by atoms with E-state index in [2.05, 4.69) is 101 Å². The van der Waals surface area contributed by atoms with Crippen molar-refractivity contribution in [1.82, 2.24) is 94.4 Å². The minimum atomic E-state index is -2.02. The summed E-state index contributed by atoms with van der Waals surface area (Å²) in [6.07, 6.45) is 16.7. The van der Waals surface area contributed by atoms with Crippen LogP contribution in [-0.2, 0) is 81.6 Å². The number of phenolic OH excluding ortho intramolecular Hbond substituents is 1. The van der Waals surface area contributed by atoms with Crippen LogP contribution in [0.4, 0.5) is 0 Å². The number of carbonyl (C=O) groups is 13. The molecule has 3 rings (SSSR count). The number of nitrogens with two attached hydrogens (primary N) is 5. The first-order valence-corrected chi connectivity index (χ1v) is 41.2. The Morgan fingerprint density at radius 3 is 1.23 bits per heavy atom. The molecular formula is C78H132N26O16. The lowest BCUT2D eigenvalue weighted by atomic mass is 9.96. The molecule has 0 saturated heterocycles. The van der Waals surface area contributed by atoms with Crippen molar-refractivity contribution in [1.29, 1.82) is 16.2 Å². The normalized spacial score (nSPS) is 14.4. The Morgan fingerprint density at radius 2 is 0.792 bits per heavy atom.